The molecule has 0 amide bonds. The molecular weight excluding hydrogens is 461 g/mol. The number of benzene rings is 1. The van der Waals surface area contributed by atoms with Gasteiger partial charge in [0.25, 0.3) is 0 Å². The molecule has 5 rings (SSSR count). The van der Waals surface area contributed by atoms with Gasteiger partial charge in [0.15, 0.2) is 0 Å². The number of ether oxygens (including phenoxy) is 1. The smallest absolute Gasteiger partial charge is 0.128 e. The summed E-state index contributed by atoms with van der Waals surface area (Å²) in [5.41, 5.74) is 3.29. The Labute approximate surface area is 201 Å². The maximum Gasteiger partial charge on any atom is 0.128 e. The summed E-state index contributed by atoms with van der Waals surface area (Å²) in [6.45, 7) is 2.95. The highest BCUT2D eigenvalue weighted by Crippen LogP contribution is 2.35. The lowest BCUT2D eigenvalue weighted by molar-refractivity contribution is 0.227. The quantitative estimate of drug-likeness (QED) is 0.380. The molecule has 7 nitrogen and oxygen atoms in total. The van der Waals surface area contributed by atoms with Gasteiger partial charge in [-0.05, 0) is 50.1 Å². The molecule has 170 valence electrons. The zero-order valence-electron chi connectivity index (χ0n) is 18.0. The first-order valence-corrected chi connectivity index (χ1v) is 11.6. The van der Waals surface area contributed by atoms with E-state index < -0.39 is 0 Å². The number of nitrogens with one attached hydrogen (secondary N) is 1. The van der Waals surface area contributed by atoms with Crippen molar-refractivity contribution in [3.63, 3.8) is 0 Å². The van der Waals surface area contributed by atoms with Crippen LogP contribution in [0.1, 0.15) is 31.4 Å². The van der Waals surface area contributed by atoms with Crippen LogP contribution in [0.5, 0.6) is 5.75 Å². The summed E-state index contributed by atoms with van der Waals surface area (Å²) in [6, 6.07) is 9.90. The van der Waals surface area contributed by atoms with E-state index in [2.05, 4.69) is 25.1 Å². The van der Waals surface area contributed by atoms with Gasteiger partial charge in [-0.2, -0.15) is 5.10 Å². The Bertz CT molecular complexity index is 1260. The van der Waals surface area contributed by atoms with Crippen LogP contribution in [0.25, 0.3) is 22.2 Å². The summed E-state index contributed by atoms with van der Waals surface area (Å²) in [6.07, 6.45) is 6.63. The number of aromatic nitrogens is 4. The molecule has 1 aromatic carbocycles. The van der Waals surface area contributed by atoms with E-state index in [1.54, 1.807) is 12.4 Å². The Morgan fingerprint density at radius 3 is 2.73 bits per heavy atom. The third-order valence-electron chi connectivity index (χ3n) is 6.05. The standard InChI is InChI=1S/C24H23Cl2N5O2/c1-14(23-19(25)11-27-12-20(23)26)33-17-5-6-21-18(9-17)24(30-29-21)15-4-7-22(28-10-15)31-8-2-3-16(31)13-32/h4-7,9-12,14,16,32H,2-3,8,13H2,1H3,(H,29,30)/t14-,16+/m1/s1. The topological polar surface area (TPSA) is 87.2 Å². The monoisotopic (exact) mass is 483 g/mol. The normalized spacial score (nSPS) is 17.0. The molecule has 3 aromatic heterocycles. The van der Waals surface area contributed by atoms with E-state index in [0.717, 1.165) is 47.4 Å². The zero-order valence-corrected chi connectivity index (χ0v) is 19.5. The molecule has 0 radical (unpaired) electrons. The molecule has 1 aliphatic rings. The number of rotatable bonds is 6. The average molecular weight is 484 g/mol. The lowest BCUT2D eigenvalue weighted by Gasteiger charge is -2.24. The number of aliphatic hydroxyl groups excluding tert-OH is 1. The maximum atomic E-state index is 9.60. The fourth-order valence-corrected chi connectivity index (χ4v) is 5.05. The first-order chi connectivity index (χ1) is 16.0. The van der Waals surface area contributed by atoms with Crippen LogP contribution >= 0.6 is 23.2 Å². The molecule has 2 atom stereocenters. The van der Waals surface area contributed by atoms with Gasteiger partial charge in [-0.25, -0.2) is 4.98 Å². The molecule has 0 saturated carbocycles. The van der Waals surface area contributed by atoms with Gasteiger partial charge in [-0.1, -0.05) is 23.2 Å². The van der Waals surface area contributed by atoms with E-state index in [9.17, 15) is 5.11 Å². The van der Waals surface area contributed by atoms with Crippen LogP contribution in [-0.4, -0.2) is 44.5 Å². The fourth-order valence-electron chi connectivity index (χ4n) is 4.38. The minimum atomic E-state index is -0.360. The molecule has 1 aliphatic heterocycles. The Hall–Kier alpha value is -2.87. The van der Waals surface area contributed by atoms with Crippen LogP contribution < -0.4 is 9.64 Å². The number of hydrogen-bond acceptors (Lipinski definition) is 6. The molecule has 1 saturated heterocycles. The molecule has 33 heavy (non-hydrogen) atoms. The van der Waals surface area contributed by atoms with Crippen molar-refractivity contribution < 1.29 is 9.84 Å². The van der Waals surface area contributed by atoms with E-state index in [-0.39, 0.29) is 18.8 Å². The Morgan fingerprint density at radius 1 is 1.18 bits per heavy atom. The van der Waals surface area contributed by atoms with Crippen molar-refractivity contribution in [3.05, 3.63) is 64.5 Å². The highest BCUT2D eigenvalue weighted by Gasteiger charge is 2.25. The van der Waals surface area contributed by atoms with Crippen molar-refractivity contribution in [2.24, 2.45) is 0 Å². The van der Waals surface area contributed by atoms with E-state index in [4.69, 9.17) is 27.9 Å². The molecule has 9 heteroatoms. The Morgan fingerprint density at radius 2 is 2.00 bits per heavy atom. The van der Waals surface area contributed by atoms with Crippen molar-refractivity contribution in [3.8, 4) is 17.0 Å². The maximum absolute atomic E-state index is 9.60. The second-order valence-electron chi connectivity index (χ2n) is 8.13. The van der Waals surface area contributed by atoms with Gasteiger partial charge in [0.1, 0.15) is 23.4 Å². The van der Waals surface area contributed by atoms with Gasteiger partial charge in [-0.3, -0.25) is 10.1 Å². The van der Waals surface area contributed by atoms with Crippen molar-refractivity contribution in [1.29, 1.82) is 0 Å². The number of nitrogens with zero attached hydrogens (tertiary/aromatic N) is 4. The van der Waals surface area contributed by atoms with Gasteiger partial charge in [-0.15, -0.1) is 0 Å². The highest BCUT2D eigenvalue weighted by molar-refractivity contribution is 6.35. The number of aliphatic hydroxyl groups is 1. The lowest BCUT2D eigenvalue weighted by Crippen LogP contribution is -2.32. The van der Waals surface area contributed by atoms with Crippen molar-refractivity contribution in [2.45, 2.75) is 31.9 Å². The van der Waals surface area contributed by atoms with Crippen LogP contribution in [0.2, 0.25) is 10.0 Å². The molecule has 4 heterocycles. The lowest BCUT2D eigenvalue weighted by atomic mass is 10.1. The Balaban J connectivity index is 1.42. The molecular formula is C24H23Cl2N5O2. The average Bonchev–Trinajstić information content (AvgIpc) is 3.46. The van der Waals surface area contributed by atoms with E-state index in [0.29, 0.717) is 21.4 Å². The third-order valence-corrected chi connectivity index (χ3v) is 6.65. The van der Waals surface area contributed by atoms with Gasteiger partial charge < -0.3 is 14.7 Å². The predicted molar refractivity (Wildman–Crippen MR) is 130 cm³/mol. The number of halogens is 2. The molecule has 0 bridgehead atoms. The molecule has 0 aliphatic carbocycles. The van der Waals surface area contributed by atoms with Crippen LogP contribution in [0.4, 0.5) is 5.82 Å². The van der Waals surface area contributed by atoms with Crippen LogP contribution in [0.3, 0.4) is 0 Å². The fraction of sp³-hybridized carbons (Fsp3) is 0.292. The first kappa shape index (κ1) is 21.9. The summed E-state index contributed by atoms with van der Waals surface area (Å²) >= 11 is 12.6. The van der Waals surface area contributed by atoms with Crippen molar-refractivity contribution in [2.75, 3.05) is 18.1 Å². The summed E-state index contributed by atoms with van der Waals surface area (Å²) < 4.78 is 6.16. The molecule has 1 fully saturated rings. The Kier molecular flexibility index (Phi) is 6.10. The molecule has 0 unspecified atom stereocenters. The molecule has 2 N–H and O–H groups in total. The number of aromatic amines is 1. The van der Waals surface area contributed by atoms with E-state index in [1.807, 2.05) is 43.5 Å². The van der Waals surface area contributed by atoms with Gasteiger partial charge in [0.05, 0.1) is 28.2 Å². The van der Waals surface area contributed by atoms with E-state index in [1.165, 1.54) is 0 Å². The zero-order chi connectivity index (χ0) is 22.9. The summed E-state index contributed by atoms with van der Waals surface area (Å²) in [5, 5.41) is 19.0. The molecule has 0 spiro atoms. The number of H-pyrrole nitrogens is 1. The summed E-state index contributed by atoms with van der Waals surface area (Å²) in [4.78, 5) is 10.8. The minimum absolute atomic E-state index is 0.138. The molecule has 4 aromatic rings. The second-order valence-corrected chi connectivity index (χ2v) is 8.95. The van der Waals surface area contributed by atoms with Crippen LogP contribution in [0.15, 0.2) is 48.9 Å². The van der Waals surface area contributed by atoms with Gasteiger partial charge >= 0.3 is 0 Å². The SMILES string of the molecule is C[C@@H](Oc1ccc2[nH]nc(-c3ccc(N4CCC[C@H]4CO)nc3)c2c1)c1c(Cl)cncc1Cl. The number of pyridine rings is 2. The highest BCUT2D eigenvalue weighted by atomic mass is 35.5. The minimum Gasteiger partial charge on any atom is -0.486 e. The predicted octanol–water partition coefficient (Wildman–Crippen LogP) is 5.43. The van der Waals surface area contributed by atoms with Crippen LogP contribution in [-0.2, 0) is 0 Å². The van der Waals surface area contributed by atoms with Gasteiger partial charge in [0.2, 0.25) is 0 Å². The first-order valence-electron chi connectivity index (χ1n) is 10.8. The number of anilines is 1. The van der Waals surface area contributed by atoms with Gasteiger partial charge in [0, 0.05) is 41.6 Å². The summed E-state index contributed by atoms with van der Waals surface area (Å²) in [7, 11) is 0. The van der Waals surface area contributed by atoms with Crippen LogP contribution in [0, 0.1) is 0 Å². The largest absolute Gasteiger partial charge is 0.486 e. The van der Waals surface area contributed by atoms with Crippen molar-refractivity contribution in [1.82, 2.24) is 20.2 Å². The number of fused-ring (bicyclic) bond motifs is 1. The summed E-state index contributed by atoms with van der Waals surface area (Å²) in [5.74, 6) is 1.55. The number of hydrogen-bond donors (Lipinski definition) is 2. The third kappa shape index (κ3) is 4.24. The van der Waals surface area contributed by atoms with Crippen molar-refractivity contribution >= 4 is 39.9 Å². The second kappa shape index (κ2) is 9.17. The van der Waals surface area contributed by atoms with E-state index >= 15 is 0 Å².